The first kappa shape index (κ1) is 17.3. The minimum atomic E-state index is 0.225. The van der Waals surface area contributed by atoms with E-state index in [1.165, 1.54) is 11.1 Å². The van der Waals surface area contributed by atoms with Crippen LogP contribution in [0.1, 0.15) is 44.4 Å². The van der Waals surface area contributed by atoms with Gasteiger partial charge in [0.25, 0.3) is 0 Å². The zero-order valence-electron chi connectivity index (χ0n) is 12.8. The zero-order chi connectivity index (χ0) is 14.8. The van der Waals surface area contributed by atoms with Crippen LogP contribution < -0.4 is 10.1 Å². The minimum Gasteiger partial charge on any atom is -0.494 e. The van der Waals surface area contributed by atoms with Gasteiger partial charge in [0.05, 0.1) is 13.2 Å². The molecule has 0 radical (unpaired) electrons. The summed E-state index contributed by atoms with van der Waals surface area (Å²) in [6.45, 7) is 8.31. The molecule has 3 nitrogen and oxygen atoms in total. The summed E-state index contributed by atoms with van der Waals surface area (Å²) in [5, 5.41) is 12.4. The van der Waals surface area contributed by atoms with Gasteiger partial charge in [0.1, 0.15) is 5.75 Å². The van der Waals surface area contributed by atoms with Crippen LogP contribution in [0.4, 0.5) is 0 Å². The van der Waals surface area contributed by atoms with E-state index in [1.807, 2.05) is 6.92 Å². The van der Waals surface area contributed by atoms with Gasteiger partial charge in [0, 0.05) is 23.1 Å². The number of hydrogen-bond acceptors (Lipinski definition) is 4. The average Bonchev–Trinajstić information content (AvgIpc) is 2.46. The van der Waals surface area contributed by atoms with Crippen LogP contribution in [-0.4, -0.2) is 30.6 Å². The standard InChI is InChI=1S/C16H27NO2S/c1-4-8-17-13(3)14-6-7-16(19-5-2)15(11-14)12-20-10-9-18/h6-7,11,13,17-18H,4-5,8-10,12H2,1-3H3. The number of aliphatic hydroxyl groups is 1. The summed E-state index contributed by atoms with van der Waals surface area (Å²) in [6, 6.07) is 6.78. The highest BCUT2D eigenvalue weighted by molar-refractivity contribution is 7.98. The summed E-state index contributed by atoms with van der Waals surface area (Å²) >= 11 is 1.73. The molecule has 1 rings (SSSR count). The average molecular weight is 297 g/mol. The van der Waals surface area contributed by atoms with Crippen LogP contribution in [0, 0.1) is 0 Å². The second-order valence-corrected chi connectivity index (χ2v) is 5.86. The first-order valence-corrected chi connectivity index (χ1v) is 8.56. The summed E-state index contributed by atoms with van der Waals surface area (Å²) in [5.41, 5.74) is 2.51. The van der Waals surface area contributed by atoms with Gasteiger partial charge in [-0.3, -0.25) is 0 Å². The zero-order valence-corrected chi connectivity index (χ0v) is 13.6. The monoisotopic (exact) mass is 297 g/mol. The third kappa shape index (κ3) is 5.73. The quantitative estimate of drug-likeness (QED) is 0.650. The molecule has 0 aromatic heterocycles. The fraction of sp³-hybridized carbons (Fsp3) is 0.625. The van der Waals surface area contributed by atoms with Gasteiger partial charge in [-0.2, -0.15) is 11.8 Å². The smallest absolute Gasteiger partial charge is 0.123 e. The van der Waals surface area contributed by atoms with Gasteiger partial charge in [0.2, 0.25) is 0 Å². The van der Waals surface area contributed by atoms with E-state index in [-0.39, 0.29) is 6.61 Å². The SMILES string of the molecule is CCCNC(C)c1ccc(OCC)c(CSCCO)c1. The summed E-state index contributed by atoms with van der Waals surface area (Å²) < 4.78 is 5.69. The highest BCUT2D eigenvalue weighted by Gasteiger charge is 2.09. The Morgan fingerprint density at radius 1 is 1.35 bits per heavy atom. The van der Waals surface area contributed by atoms with Crippen LogP contribution in [0.5, 0.6) is 5.75 Å². The third-order valence-corrected chi connectivity index (χ3v) is 4.06. The lowest BCUT2D eigenvalue weighted by Crippen LogP contribution is -2.19. The second kappa shape index (κ2) is 10.1. The van der Waals surface area contributed by atoms with E-state index in [1.54, 1.807) is 11.8 Å². The molecule has 114 valence electrons. The largest absolute Gasteiger partial charge is 0.494 e. The number of ether oxygens (including phenoxy) is 1. The van der Waals surface area contributed by atoms with Crippen molar-refractivity contribution >= 4 is 11.8 Å². The number of aliphatic hydroxyl groups excluding tert-OH is 1. The molecule has 0 spiro atoms. The van der Waals surface area contributed by atoms with Crippen LogP contribution in [0.25, 0.3) is 0 Å². The maximum atomic E-state index is 8.89. The van der Waals surface area contributed by atoms with Crippen molar-refractivity contribution in [3.8, 4) is 5.75 Å². The topological polar surface area (TPSA) is 41.5 Å². The fourth-order valence-electron chi connectivity index (χ4n) is 2.00. The predicted octanol–water partition coefficient (Wildman–Crippen LogP) is 3.37. The molecule has 2 N–H and O–H groups in total. The van der Waals surface area contributed by atoms with Gasteiger partial charge in [-0.05, 0) is 44.5 Å². The molecule has 0 fully saturated rings. The number of thioether (sulfide) groups is 1. The van der Waals surface area contributed by atoms with Crippen molar-refractivity contribution in [3.63, 3.8) is 0 Å². The molecule has 1 unspecified atom stereocenters. The van der Waals surface area contributed by atoms with E-state index in [2.05, 4.69) is 37.4 Å². The van der Waals surface area contributed by atoms with E-state index in [0.29, 0.717) is 12.6 Å². The van der Waals surface area contributed by atoms with Crippen LogP contribution in [0.3, 0.4) is 0 Å². The number of nitrogens with one attached hydrogen (secondary N) is 1. The molecule has 0 aliphatic heterocycles. The van der Waals surface area contributed by atoms with Crippen molar-refractivity contribution in [2.45, 2.75) is 39.0 Å². The van der Waals surface area contributed by atoms with Gasteiger partial charge in [0.15, 0.2) is 0 Å². The Morgan fingerprint density at radius 2 is 2.15 bits per heavy atom. The molecule has 0 saturated heterocycles. The normalized spacial score (nSPS) is 12.4. The molecule has 0 saturated carbocycles. The van der Waals surface area contributed by atoms with E-state index in [4.69, 9.17) is 9.84 Å². The number of benzene rings is 1. The predicted molar refractivity (Wildman–Crippen MR) is 87.6 cm³/mol. The van der Waals surface area contributed by atoms with Crippen molar-refractivity contribution in [1.29, 1.82) is 0 Å². The lowest BCUT2D eigenvalue weighted by atomic mass is 10.0. The Labute approximate surface area is 127 Å². The van der Waals surface area contributed by atoms with Gasteiger partial charge in [-0.1, -0.05) is 13.0 Å². The molecular formula is C16H27NO2S. The Hall–Kier alpha value is -0.710. The molecule has 1 aromatic carbocycles. The second-order valence-electron chi connectivity index (χ2n) is 4.75. The summed E-state index contributed by atoms with van der Waals surface area (Å²) in [5.74, 6) is 2.60. The molecule has 1 aromatic rings. The van der Waals surface area contributed by atoms with Gasteiger partial charge in [-0.25, -0.2) is 0 Å². The summed E-state index contributed by atoms with van der Waals surface area (Å²) in [4.78, 5) is 0. The highest BCUT2D eigenvalue weighted by atomic mass is 32.2. The van der Waals surface area contributed by atoms with E-state index in [0.717, 1.165) is 30.2 Å². The summed E-state index contributed by atoms with van der Waals surface area (Å²) in [6.07, 6.45) is 1.14. The van der Waals surface area contributed by atoms with E-state index in [9.17, 15) is 0 Å². The first-order valence-electron chi connectivity index (χ1n) is 7.40. The van der Waals surface area contributed by atoms with Gasteiger partial charge in [-0.15, -0.1) is 0 Å². The molecule has 0 aliphatic carbocycles. The van der Waals surface area contributed by atoms with Crippen molar-refractivity contribution in [2.75, 3.05) is 25.5 Å². The van der Waals surface area contributed by atoms with E-state index < -0.39 is 0 Å². The number of rotatable bonds is 10. The molecule has 4 heteroatoms. The molecule has 0 heterocycles. The summed E-state index contributed by atoms with van der Waals surface area (Å²) in [7, 11) is 0. The lowest BCUT2D eigenvalue weighted by Gasteiger charge is -2.17. The van der Waals surface area contributed by atoms with Crippen molar-refractivity contribution in [2.24, 2.45) is 0 Å². The van der Waals surface area contributed by atoms with Gasteiger partial charge < -0.3 is 15.2 Å². The Kier molecular flexibility index (Phi) is 8.74. The first-order chi connectivity index (χ1) is 9.72. The molecule has 20 heavy (non-hydrogen) atoms. The third-order valence-electron chi connectivity index (χ3n) is 3.08. The Bertz CT molecular complexity index is 385. The van der Waals surface area contributed by atoms with Crippen LogP contribution in [0.15, 0.2) is 18.2 Å². The molecule has 1 atom stereocenters. The molecule has 0 bridgehead atoms. The maximum absolute atomic E-state index is 8.89. The molecular weight excluding hydrogens is 270 g/mol. The van der Waals surface area contributed by atoms with Crippen LogP contribution in [0.2, 0.25) is 0 Å². The number of hydrogen-bond donors (Lipinski definition) is 2. The lowest BCUT2D eigenvalue weighted by molar-refractivity contribution is 0.322. The van der Waals surface area contributed by atoms with Crippen LogP contribution >= 0.6 is 11.8 Å². The van der Waals surface area contributed by atoms with Crippen LogP contribution in [-0.2, 0) is 5.75 Å². The fourth-order valence-corrected chi connectivity index (χ4v) is 2.72. The van der Waals surface area contributed by atoms with Crippen molar-refractivity contribution < 1.29 is 9.84 Å². The minimum absolute atomic E-state index is 0.225. The van der Waals surface area contributed by atoms with Gasteiger partial charge >= 0.3 is 0 Å². The highest BCUT2D eigenvalue weighted by Crippen LogP contribution is 2.27. The van der Waals surface area contributed by atoms with Crippen molar-refractivity contribution in [3.05, 3.63) is 29.3 Å². The van der Waals surface area contributed by atoms with Crippen molar-refractivity contribution in [1.82, 2.24) is 5.32 Å². The Balaban J connectivity index is 2.79. The van der Waals surface area contributed by atoms with E-state index >= 15 is 0 Å². The maximum Gasteiger partial charge on any atom is 0.123 e. The molecule has 0 amide bonds. The Morgan fingerprint density at radius 3 is 2.80 bits per heavy atom. The molecule has 0 aliphatic rings.